The number of halogens is 1. The molecule has 6 heteroatoms. The number of amides is 2. The molecule has 0 saturated heterocycles. The van der Waals surface area contributed by atoms with Crippen LogP contribution in [0.3, 0.4) is 0 Å². The molecule has 0 aromatic heterocycles. The summed E-state index contributed by atoms with van der Waals surface area (Å²) in [6, 6.07) is 13.0. The van der Waals surface area contributed by atoms with Gasteiger partial charge in [-0.3, -0.25) is 9.59 Å². The summed E-state index contributed by atoms with van der Waals surface area (Å²) in [6.45, 7) is 6.57. The third-order valence-electron chi connectivity index (χ3n) is 4.12. The highest BCUT2D eigenvalue weighted by molar-refractivity contribution is 5.97. The van der Waals surface area contributed by atoms with Gasteiger partial charge in [-0.15, -0.1) is 0 Å². The van der Waals surface area contributed by atoms with E-state index in [0.29, 0.717) is 17.8 Å². The van der Waals surface area contributed by atoms with E-state index in [4.69, 9.17) is 0 Å². The molecular formula is C21H26FN3O2. The average Bonchev–Trinajstić information content (AvgIpc) is 2.63. The first kappa shape index (κ1) is 20.6. The van der Waals surface area contributed by atoms with Crippen LogP contribution in [0.1, 0.15) is 42.7 Å². The van der Waals surface area contributed by atoms with Gasteiger partial charge in [-0.25, -0.2) is 4.39 Å². The molecule has 144 valence electrons. The van der Waals surface area contributed by atoms with Gasteiger partial charge in [0, 0.05) is 23.8 Å². The number of rotatable bonds is 8. The molecule has 3 N–H and O–H groups in total. The van der Waals surface area contributed by atoms with Gasteiger partial charge < -0.3 is 16.0 Å². The van der Waals surface area contributed by atoms with Crippen molar-refractivity contribution < 1.29 is 14.0 Å². The average molecular weight is 371 g/mol. The van der Waals surface area contributed by atoms with Crippen LogP contribution < -0.4 is 16.0 Å². The summed E-state index contributed by atoms with van der Waals surface area (Å²) in [4.78, 5) is 24.2. The second-order valence-electron chi connectivity index (χ2n) is 6.64. The Labute approximate surface area is 159 Å². The fraction of sp³-hybridized carbons (Fsp3) is 0.333. The van der Waals surface area contributed by atoms with Crippen LogP contribution in [0.25, 0.3) is 0 Å². The first-order valence-corrected chi connectivity index (χ1v) is 9.07. The highest BCUT2D eigenvalue weighted by Gasteiger charge is 2.17. The molecule has 27 heavy (non-hydrogen) atoms. The Bertz CT molecular complexity index is 775. The van der Waals surface area contributed by atoms with Gasteiger partial charge in [0.1, 0.15) is 5.82 Å². The lowest BCUT2D eigenvalue weighted by atomic mass is 9.96. The van der Waals surface area contributed by atoms with Crippen LogP contribution in [0.15, 0.2) is 48.5 Å². The highest BCUT2D eigenvalue weighted by Crippen LogP contribution is 2.21. The number of nitrogens with one attached hydrogen (secondary N) is 3. The topological polar surface area (TPSA) is 70.2 Å². The molecule has 0 aliphatic heterocycles. The second-order valence-corrected chi connectivity index (χ2v) is 6.64. The number of benzene rings is 2. The van der Waals surface area contributed by atoms with Gasteiger partial charge in [0.15, 0.2) is 0 Å². The van der Waals surface area contributed by atoms with Gasteiger partial charge >= 0.3 is 0 Å². The van der Waals surface area contributed by atoms with Crippen molar-refractivity contribution in [3.05, 3.63) is 65.5 Å². The molecular weight excluding hydrogens is 345 g/mol. The van der Waals surface area contributed by atoms with Gasteiger partial charge in [0.05, 0.1) is 6.54 Å². The smallest absolute Gasteiger partial charge is 0.251 e. The van der Waals surface area contributed by atoms with E-state index in [-0.39, 0.29) is 36.1 Å². The van der Waals surface area contributed by atoms with Crippen LogP contribution in [-0.2, 0) is 4.79 Å². The Balaban J connectivity index is 1.97. The molecule has 0 unspecified atom stereocenters. The van der Waals surface area contributed by atoms with Crippen LogP contribution in [0.4, 0.5) is 10.1 Å². The first-order valence-electron chi connectivity index (χ1n) is 9.07. The van der Waals surface area contributed by atoms with Crippen LogP contribution in [-0.4, -0.2) is 24.9 Å². The van der Waals surface area contributed by atoms with Gasteiger partial charge in [0.25, 0.3) is 5.91 Å². The van der Waals surface area contributed by atoms with Crippen LogP contribution >= 0.6 is 0 Å². The fourth-order valence-electron chi connectivity index (χ4n) is 2.82. The first-order chi connectivity index (χ1) is 12.9. The maximum Gasteiger partial charge on any atom is 0.251 e. The van der Waals surface area contributed by atoms with Crippen molar-refractivity contribution in [1.29, 1.82) is 0 Å². The van der Waals surface area contributed by atoms with E-state index in [1.807, 2.05) is 20.8 Å². The van der Waals surface area contributed by atoms with Crippen LogP contribution in [0.2, 0.25) is 0 Å². The van der Waals surface area contributed by atoms with Gasteiger partial charge in [-0.2, -0.15) is 0 Å². The zero-order valence-corrected chi connectivity index (χ0v) is 15.9. The Hall–Kier alpha value is -2.73. The third kappa shape index (κ3) is 6.18. The maximum absolute atomic E-state index is 13.1. The van der Waals surface area contributed by atoms with E-state index in [1.165, 1.54) is 12.1 Å². The van der Waals surface area contributed by atoms with E-state index < -0.39 is 0 Å². The Morgan fingerprint density at radius 1 is 1.07 bits per heavy atom. The number of anilines is 1. The molecule has 5 nitrogen and oxygen atoms in total. The van der Waals surface area contributed by atoms with Crippen molar-refractivity contribution in [2.75, 3.05) is 18.4 Å². The zero-order chi connectivity index (χ0) is 19.8. The lowest BCUT2D eigenvalue weighted by Crippen LogP contribution is -2.33. The normalized spacial score (nSPS) is 11.9. The minimum absolute atomic E-state index is 0.0713. The zero-order valence-electron chi connectivity index (χ0n) is 15.9. The summed E-state index contributed by atoms with van der Waals surface area (Å²) < 4.78 is 13.1. The number of carbonyl (C=O) groups is 2. The highest BCUT2D eigenvalue weighted by atomic mass is 19.1. The number of carbonyl (C=O) groups excluding carboxylic acids is 2. The van der Waals surface area contributed by atoms with E-state index in [9.17, 15) is 14.0 Å². The van der Waals surface area contributed by atoms with Crippen molar-refractivity contribution in [2.45, 2.75) is 26.8 Å². The van der Waals surface area contributed by atoms with Crippen molar-refractivity contribution in [3.8, 4) is 0 Å². The summed E-state index contributed by atoms with van der Waals surface area (Å²) in [5.74, 6) is -0.450. The van der Waals surface area contributed by atoms with Crippen LogP contribution in [0, 0.1) is 11.7 Å². The largest absolute Gasteiger partial charge is 0.352 e. The van der Waals surface area contributed by atoms with Crippen molar-refractivity contribution in [3.63, 3.8) is 0 Å². The molecule has 2 aromatic carbocycles. The molecule has 2 rings (SSSR count). The molecule has 2 aromatic rings. The predicted octanol–water partition coefficient (Wildman–Crippen LogP) is 3.50. The van der Waals surface area contributed by atoms with Crippen molar-refractivity contribution in [2.24, 2.45) is 5.92 Å². The van der Waals surface area contributed by atoms with Crippen molar-refractivity contribution in [1.82, 2.24) is 10.6 Å². The Morgan fingerprint density at radius 3 is 2.41 bits per heavy atom. The SMILES string of the molecule is CCNC(=O)c1cccc(NC(=O)CN[C@H](c2ccc(F)cc2)C(C)C)c1. The Kier molecular flexibility index (Phi) is 7.49. The maximum atomic E-state index is 13.1. The van der Waals surface area contributed by atoms with E-state index in [0.717, 1.165) is 5.56 Å². The lowest BCUT2D eigenvalue weighted by molar-refractivity contribution is -0.115. The molecule has 0 bridgehead atoms. The van der Waals surface area contributed by atoms with E-state index >= 15 is 0 Å². The molecule has 2 amide bonds. The molecule has 0 spiro atoms. The van der Waals surface area contributed by atoms with E-state index in [1.54, 1.807) is 36.4 Å². The van der Waals surface area contributed by atoms with Crippen LogP contribution in [0.5, 0.6) is 0 Å². The summed E-state index contributed by atoms with van der Waals surface area (Å²) in [6.07, 6.45) is 0. The predicted molar refractivity (Wildman–Crippen MR) is 105 cm³/mol. The summed E-state index contributed by atoms with van der Waals surface area (Å²) in [7, 11) is 0. The molecule has 0 aliphatic carbocycles. The fourth-order valence-corrected chi connectivity index (χ4v) is 2.82. The van der Waals surface area contributed by atoms with Gasteiger partial charge in [-0.05, 0) is 48.7 Å². The molecule has 1 atom stereocenters. The molecule has 0 aliphatic rings. The third-order valence-corrected chi connectivity index (χ3v) is 4.12. The second kappa shape index (κ2) is 9.83. The molecule has 0 fully saturated rings. The lowest BCUT2D eigenvalue weighted by Gasteiger charge is -2.23. The minimum atomic E-state index is -0.286. The monoisotopic (exact) mass is 371 g/mol. The number of hydrogen-bond donors (Lipinski definition) is 3. The summed E-state index contributed by atoms with van der Waals surface area (Å²) >= 11 is 0. The minimum Gasteiger partial charge on any atom is -0.352 e. The Morgan fingerprint density at radius 2 is 1.78 bits per heavy atom. The standard InChI is InChI=1S/C21H26FN3O2/c1-4-23-21(27)16-6-5-7-18(12-16)25-19(26)13-24-20(14(2)3)15-8-10-17(22)11-9-15/h5-12,14,20,24H,4,13H2,1-3H3,(H,23,27)(H,25,26)/t20-/m0/s1. The molecule has 0 saturated carbocycles. The van der Waals surface area contributed by atoms with Gasteiger partial charge in [0.2, 0.25) is 5.91 Å². The quantitative estimate of drug-likeness (QED) is 0.665. The van der Waals surface area contributed by atoms with E-state index in [2.05, 4.69) is 16.0 Å². The summed E-state index contributed by atoms with van der Waals surface area (Å²) in [5, 5.41) is 8.74. The van der Waals surface area contributed by atoms with Crippen molar-refractivity contribution >= 4 is 17.5 Å². The molecule has 0 heterocycles. The number of hydrogen-bond acceptors (Lipinski definition) is 3. The van der Waals surface area contributed by atoms with Gasteiger partial charge in [-0.1, -0.05) is 32.0 Å². The summed E-state index contributed by atoms with van der Waals surface area (Å²) in [5.41, 5.74) is 1.99. The molecule has 0 radical (unpaired) electrons.